The van der Waals surface area contributed by atoms with E-state index in [0.29, 0.717) is 5.82 Å². The van der Waals surface area contributed by atoms with Crippen molar-refractivity contribution in [3.05, 3.63) is 16.0 Å². The fraction of sp³-hybridized carbons (Fsp3) is 0.636. The molecule has 0 aliphatic carbocycles. The van der Waals surface area contributed by atoms with E-state index in [1.807, 2.05) is 6.92 Å². The number of rotatable bonds is 5. The van der Waals surface area contributed by atoms with E-state index < -0.39 is 0 Å². The zero-order chi connectivity index (χ0) is 12.1. The lowest BCUT2D eigenvalue weighted by Gasteiger charge is -2.17. The van der Waals surface area contributed by atoms with Gasteiger partial charge in [-0.3, -0.25) is 0 Å². The lowest BCUT2D eigenvalue weighted by atomic mass is 10.3. The van der Waals surface area contributed by atoms with Crippen molar-refractivity contribution in [2.24, 2.45) is 0 Å². The Bertz CT molecular complexity index is 327. The average molecular weight is 287 g/mol. The first-order chi connectivity index (χ1) is 7.58. The molecule has 0 aliphatic rings. The molecule has 0 saturated carbocycles. The predicted molar refractivity (Wildman–Crippen MR) is 70.4 cm³/mol. The number of likely N-dealkylation sites (N-methyl/N-ethyl adjacent to an activating group) is 1. The summed E-state index contributed by atoms with van der Waals surface area (Å²) >= 11 is 3.36. The van der Waals surface area contributed by atoms with Crippen molar-refractivity contribution in [3.63, 3.8) is 0 Å². The maximum atomic E-state index is 5.78. The minimum atomic E-state index is 0.530. The molecular weight excluding hydrogens is 268 g/mol. The molecule has 0 spiro atoms. The molecule has 1 heterocycles. The molecular formula is C11H19BrN4. The van der Waals surface area contributed by atoms with E-state index in [0.717, 1.165) is 42.0 Å². The van der Waals surface area contributed by atoms with Crippen molar-refractivity contribution in [2.45, 2.75) is 27.2 Å². The Balaban J connectivity index is 2.68. The van der Waals surface area contributed by atoms with Crippen LogP contribution in [0.3, 0.4) is 0 Å². The lowest BCUT2D eigenvalue weighted by molar-refractivity contribution is 0.305. The third-order valence-corrected chi connectivity index (χ3v) is 3.61. The van der Waals surface area contributed by atoms with E-state index >= 15 is 0 Å². The zero-order valence-electron chi connectivity index (χ0n) is 10.1. The molecule has 0 radical (unpaired) electrons. The van der Waals surface area contributed by atoms with Crippen LogP contribution in [0.25, 0.3) is 0 Å². The lowest BCUT2D eigenvalue weighted by Crippen LogP contribution is -2.26. The molecule has 0 aliphatic heterocycles. The predicted octanol–water partition coefficient (Wildman–Crippen LogP) is 2.01. The number of halogens is 1. The molecule has 0 atom stereocenters. The van der Waals surface area contributed by atoms with E-state index in [-0.39, 0.29) is 0 Å². The van der Waals surface area contributed by atoms with Crippen LogP contribution in [0.1, 0.15) is 25.4 Å². The summed E-state index contributed by atoms with van der Waals surface area (Å²) in [5.41, 5.74) is 6.69. The van der Waals surface area contributed by atoms with E-state index in [1.165, 1.54) is 0 Å². The van der Waals surface area contributed by atoms with Crippen LogP contribution in [-0.2, 0) is 6.42 Å². The van der Waals surface area contributed by atoms with Crippen molar-refractivity contribution < 1.29 is 0 Å². The van der Waals surface area contributed by atoms with Gasteiger partial charge in [0.15, 0.2) is 0 Å². The number of aryl methyl sites for hydroxylation is 1. The SMILES string of the molecule is CCN(CC)CCc1nc(C)c(Br)c(N)n1. The molecule has 0 aromatic carbocycles. The summed E-state index contributed by atoms with van der Waals surface area (Å²) < 4.78 is 0.805. The zero-order valence-corrected chi connectivity index (χ0v) is 11.7. The topological polar surface area (TPSA) is 55.0 Å². The Labute approximate surface area is 105 Å². The minimum absolute atomic E-state index is 0.530. The van der Waals surface area contributed by atoms with Crippen molar-refractivity contribution in [2.75, 3.05) is 25.4 Å². The van der Waals surface area contributed by atoms with E-state index in [9.17, 15) is 0 Å². The molecule has 16 heavy (non-hydrogen) atoms. The maximum absolute atomic E-state index is 5.78. The van der Waals surface area contributed by atoms with Crippen LogP contribution in [0.15, 0.2) is 4.47 Å². The molecule has 0 bridgehead atoms. The van der Waals surface area contributed by atoms with Gasteiger partial charge in [0.25, 0.3) is 0 Å². The highest BCUT2D eigenvalue weighted by atomic mass is 79.9. The van der Waals surface area contributed by atoms with Crippen LogP contribution in [0.4, 0.5) is 5.82 Å². The molecule has 0 amide bonds. The van der Waals surface area contributed by atoms with E-state index in [1.54, 1.807) is 0 Å². The summed E-state index contributed by atoms with van der Waals surface area (Å²) in [6.45, 7) is 9.34. The average Bonchev–Trinajstić information content (AvgIpc) is 2.27. The van der Waals surface area contributed by atoms with Crippen molar-refractivity contribution in [3.8, 4) is 0 Å². The number of hydrogen-bond acceptors (Lipinski definition) is 4. The van der Waals surface area contributed by atoms with Crippen LogP contribution in [0.5, 0.6) is 0 Å². The molecule has 0 fully saturated rings. The first-order valence-electron chi connectivity index (χ1n) is 5.59. The summed E-state index contributed by atoms with van der Waals surface area (Å²) in [6.07, 6.45) is 0.847. The van der Waals surface area contributed by atoms with Crippen molar-refractivity contribution in [1.82, 2.24) is 14.9 Å². The largest absolute Gasteiger partial charge is 0.383 e. The second-order valence-electron chi connectivity index (χ2n) is 3.70. The molecule has 0 saturated heterocycles. The second-order valence-corrected chi connectivity index (χ2v) is 4.49. The van der Waals surface area contributed by atoms with Gasteiger partial charge >= 0.3 is 0 Å². The Morgan fingerprint density at radius 3 is 2.38 bits per heavy atom. The number of anilines is 1. The Morgan fingerprint density at radius 2 is 1.88 bits per heavy atom. The first kappa shape index (κ1) is 13.4. The number of nitrogen functional groups attached to an aromatic ring is 1. The Hall–Kier alpha value is -0.680. The first-order valence-corrected chi connectivity index (χ1v) is 6.38. The van der Waals surface area contributed by atoms with Crippen molar-refractivity contribution in [1.29, 1.82) is 0 Å². The normalized spacial score (nSPS) is 11.1. The third kappa shape index (κ3) is 3.42. The van der Waals surface area contributed by atoms with Gasteiger partial charge in [0.2, 0.25) is 0 Å². The summed E-state index contributed by atoms with van der Waals surface area (Å²) in [6, 6.07) is 0. The van der Waals surface area contributed by atoms with Gasteiger partial charge in [-0.1, -0.05) is 13.8 Å². The Kier molecular flexibility index (Phi) is 5.15. The summed E-state index contributed by atoms with van der Waals surface area (Å²) in [5, 5.41) is 0. The summed E-state index contributed by atoms with van der Waals surface area (Å²) in [4.78, 5) is 11.0. The number of nitrogens with two attached hydrogens (primary N) is 1. The highest BCUT2D eigenvalue weighted by Crippen LogP contribution is 2.19. The number of hydrogen-bond donors (Lipinski definition) is 1. The second kappa shape index (κ2) is 6.15. The van der Waals surface area contributed by atoms with Crippen LogP contribution >= 0.6 is 15.9 Å². The fourth-order valence-electron chi connectivity index (χ4n) is 1.55. The number of nitrogens with zero attached hydrogens (tertiary/aromatic N) is 3. The van der Waals surface area contributed by atoms with Crippen LogP contribution < -0.4 is 5.73 Å². The van der Waals surface area contributed by atoms with Gasteiger partial charge < -0.3 is 10.6 Å². The summed E-state index contributed by atoms with van der Waals surface area (Å²) in [7, 11) is 0. The number of aromatic nitrogens is 2. The third-order valence-electron chi connectivity index (χ3n) is 2.63. The highest BCUT2D eigenvalue weighted by molar-refractivity contribution is 9.10. The molecule has 1 aromatic rings. The molecule has 0 unspecified atom stereocenters. The van der Waals surface area contributed by atoms with Gasteiger partial charge in [-0.2, -0.15) is 0 Å². The minimum Gasteiger partial charge on any atom is -0.383 e. The maximum Gasteiger partial charge on any atom is 0.141 e. The molecule has 90 valence electrons. The molecule has 1 rings (SSSR count). The molecule has 1 aromatic heterocycles. The smallest absolute Gasteiger partial charge is 0.141 e. The quantitative estimate of drug-likeness (QED) is 0.900. The molecule has 5 heteroatoms. The monoisotopic (exact) mass is 286 g/mol. The highest BCUT2D eigenvalue weighted by Gasteiger charge is 2.07. The van der Waals surface area contributed by atoms with Gasteiger partial charge in [-0.05, 0) is 35.9 Å². The van der Waals surface area contributed by atoms with Gasteiger partial charge in [0.1, 0.15) is 11.6 Å². The van der Waals surface area contributed by atoms with Crippen LogP contribution in [0.2, 0.25) is 0 Å². The molecule has 2 N–H and O–H groups in total. The fourth-order valence-corrected chi connectivity index (χ4v) is 1.73. The van der Waals surface area contributed by atoms with E-state index in [4.69, 9.17) is 5.73 Å². The van der Waals surface area contributed by atoms with Crippen LogP contribution in [-0.4, -0.2) is 34.5 Å². The Morgan fingerprint density at radius 1 is 1.25 bits per heavy atom. The van der Waals surface area contributed by atoms with Crippen LogP contribution in [0, 0.1) is 6.92 Å². The van der Waals surface area contributed by atoms with E-state index in [2.05, 4.69) is 44.6 Å². The van der Waals surface area contributed by atoms with Gasteiger partial charge in [-0.25, -0.2) is 9.97 Å². The standard InChI is InChI=1S/C11H19BrN4/c1-4-16(5-2)7-6-9-14-8(3)10(12)11(13)15-9/h4-7H2,1-3H3,(H2,13,14,15). The van der Waals surface area contributed by atoms with Gasteiger partial charge in [0, 0.05) is 13.0 Å². The summed E-state index contributed by atoms with van der Waals surface area (Å²) in [5.74, 6) is 1.35. The van der Waals surface area contributed by atoms with Crippen molar-refractivity contribution >= 4 is 21.7 Å². The van der Waals surface area contributed by atoms with Gasteiger partial charge in [0.05, 0.1) is 10.2 Å². The molecule has 4 nitrogen and oxygen atoms in total. The van der Waals surface area contributed by atoms with Gasteiger partial charge in [-0.15, -0.1) is 0 Å².